The predicted octanol–water partition coefficient (Wildman–Crippen LogP) is 4.27. The molecule has 0 aliphatic carbocycles. The van der Waals surface area contributed by atoms with Crippen LogP contribution in [0.15, 0.2) is 42.0 Å². The molecule has 0 aliphatic rings. The Bertz CT molecular complexity index is 312. The highest BCUT2D eigenvalue weighted by atomic mass is 32.2. The van der Waals surface area contributed by atoms with Crippen molar-refractivity contribution in [2.24, 2.45) is 4.99 Å². The number of thioether (sulfide) groups is 1. The van der Waals surface area contributed by atoms with Crippen molar-refractivity contribution in [3.63, 3.8) is 0 Å². The topological polar surface area (TPSA) is 12.4 Å². The maximum Gasteiger partial charge on any atom is 0.103 e. The van der Waals surface area contributed by atoms with Gasteiger partial charge in [0, 0.05) is 11.8 Å². The molecule has 0 amide bonds. The van der Waals surface area contributed by atoms with Gasteiger partial charge in [0.25, 0.3) is 0 Å². The number of hydrogen-bond donors (Lipinski definition) is 0. The van der Waals surface area contributed by atoms with Crippen LogP contribution in [0, 0.1) is 6.92 Å². The van der Waals surface area contributed by atoms with Gasteiger partial charge in [0.2, 0.25) is 0 Å². The summed E-state index contributed by atoms with van der Waals surface area (Å²) in [5.41, 5.74) is 2.42. The zero-order valence-corrected chi connectivity index (χ0v) is 10.8. The van der Waals surface area contributed by atoms with Gasteiger partial charge in [0.05, 0.1) is 0 Å². The second kappa shape index (κ2) is 8.30. The Morgan fingerprint density at radius 1 is 1.27 bits per heavy atom. The summed E-state index contributed by atoms with van der Waals surface area (Å²) in [6, 6.07) is 8.33. The highest BCUT2D eigenvalue weighted by Gasteiger charge is 1.99. The molecule has 0 fully saturated rings. The van der Waals surface area contributed by atoms with Gasteiger partial charge in [-0.2, -0.15) is 0 Å². The maximum absolute atomic E-state index is 4.19. The Morgan fingerprint density at radius 2 is 1.80 bits per heavy atom. The van der Waals surface area contributed by atoms with Crippen LogP contribution in [0.1, 0.15) is 25.0 Å². The lowest BCUT2D eigenvalue weighted by Crippen LogP contribution is -1.93. The molecule has 1 nitrogen and oxygen atoms in total. The highest BCUT2D eigenvalue weighted by molar-refractivity contribution is 8.13. The van der Waals surface area contributed by atoms with Crippen molar-refractivity contribution in [2.75, 3.05) is 6.26 Å². The molecule has 0 aromatic heterocycles. The van der Waals surface area contributed by atoms with Crippen LogP contribution >= 0.6 is 11.8 Å². The average molecular weight is 221 g/mol. The molecule has 0 unspecified atom stereocenters. The van der Waals surface area contributed by atoms with E-state index in [1.807, 2.05) is 20.1 Å². The molecular formula is C13H19NS. The highest BCUT2D eigenvalue weighted by Crippen LogP contribution is 2.12. The van der Waals surface area contributed by atoms with Crippen molar-refractivity contribution >= 4 is 16.8 Å². The normalized spacial score (nSPS) is 10.3. The fourth-order valence-electron chi connectivity index (χ4n) is 1.02. The summed E-state index contributed by atoms with van der Waals surface area (Å²) < 4.78 is 0. The van der Waals surface area contributed by atoms with Crippen molar-refractivity contribution < 1.29 is 0 Å². The van der Waals surface area contributed by atoms with E-state index in [1.54, 1.807) is 18.0 Å². The van der Waals surface area contributed by atoms with Crippen LogP contribution in [0.5, 0.6) is 0 Å². The number of aryl methyl sites for hydroxylation is 1. The van der Waals surface area contributed by atoms with Crippen LogP contribution in [0.2, 0.25) is 0 Å². The van der Waals surface area contributed by atoms with Gasteiger partial charge in [0.15, 0.2) is 0 Å². The maximum atomic E-state index is 4.19. The molecule has 1 aromatic carbocycles. The SMILES string of the molecule is C=CN=C(SC)c1ccc(C)cc1.CC. The monoisotopic (exact) mass is 221 g/mol. The van der Waals surface area contributed by atoms with Crippen LogP contribution in [0.4, 0.5) is 0 Å². The molecule has 15 heavy (non-hydrogen) atoms. The van der Waals surface area contributed by atoms with Crippen LogP contribution in [-0.4, -0.2) is 11.3 Å². The minimum atomic E-state index is 1.01. The van der Waals surface area contributed by atoms with Gasteiger partial charge in [-0.25, -0.2) is 4.99 Å². The van der Waals surface area contributed by atoms with E-state index in [2.05, 4.69) is 42.8 Å². The third kappa shape index (κ3) is 4.84. The molecule has 0 saturated carbocycles. The van der Waals surface area contributed by atoms with Crippen LogP contribution in [0.3, 0.4) is 0 Å². The second-order valence-corrected chi connectivity index (χ2v) is 3.48. The standard InChI is InChI=1S/C11H13NS.C2H6/c1-4-12-11(13-3)10-7-5-9(2)6-8-10;1-2/h4-8H,1H2,2-3H3;1-2H3. The first-order valence-corrected chi connectivity index (χ1v) is 6.30. The largest absolute Gasteiger partial charge is 0.250 e. The molecule has 0 aliphatic heterocycles. The second-order valence-electron chi connectivity index (χ2n) is 2.69. The molecule has 0 saturated heterocycles. The molecule has 0 heterocycles. The summed E-state index contributed by atoms with van der Waals surface area (Å²) in [6.45, 7) is 9.67. The first-order valence-electron chi connectivity index (χ1n) is 5.07. The summed E-state index contributed by atoms with van der Waals surface area (Å²) in [7, 11) is 0. The first-order chi connectivity index (χ1) is 7.27. The van der Waals surface area contributed by atoms with Gasteiger partial charge in [-0.05, 0) is 13.2 Å². The summed E-state index contributed by atoms with van der Waals surface area (Å²) in [4.78, 5) is 4.19. The number of aliphatic imine (C=N–C) groups is 1. The van der Waals surface area contributed by atoms with Crippen molar-refractivity contribution in [2.45, 2.75) is 20.8 Å². The minimum Gasteiger partial charge on any atom is -0.250 e. The third-order valence-electron chi connectivity index (χ3n) is 1.70. The number of nitrogens with zero attached hydrogens (tertiary/aromatic N) is 1. The van der Waals surface area contributed by atoms with E-state index in [1.165, 1.54) is 5.56 Å². The van der Waals surface area contributed by atoms with E-state index in [0.717, 1.165) is 10.6 Å². The van der Waals surface area contributed by atoms with E-state index in [4.69, 9.17) is 0 Å². The molecule has 1 rings (SSSR count). The van der Waals surface area contributed by atoms with Gasteiger partial charge < -0.3 is 0 Å². The number of rotatable bonds is 2. The first kappa shape index (κ1) is 14.0. The van der Waals surface area contributed by atoms with E-state index in [0.29, 0.717) is 0 Å². The van der Waals surface area contributed by atoms with Crippen LogP contribution < -0.4 is 0 Å². The van der Waals surface area contributed by atoms with E-state index in [-0.39, 0.29) is 0 Å². The molecule has 0 spiro atoms. The Morgan fingerprint density at radius 3 is 2.20 bits per heavy atom. The lowest BCUT2D eigenvalue weighted by Gasteiger charge is -2.01. The Hall–Kier alpha value is -1.02. The Labute approximate surface area is 97.3 Å². The summed E-state index contributed by atoms with van der Waals surface area (Å²) >= 11 is 1.63. The Balaban J connectivity index is 0.000000921. The van der Waals surface area contributed by atoms with Gasteiger partial charge in [-0.1, -0.05) is 50.3 Å². The number of benzene rings is 1. The summed E-state index contributed by atoms with van der Waals surface area (Å²) in [5.74, 6) is 0. The van der Waals surface area contributed by atoms with E-state index >= 15 is 0 Å². The van der Waals surface area contributed by atoms with Gasteiger partial charge >= 0.3 is 0 Å². The van der Waals surface area contributed by atoms with Gasteiger partial charge in [-0.15, -0.1) is 11.8 Å². The summed E-state index contributed by atoms with van der Waals surface area (Å²) in [5, 5.41) is 1.01. The number of hydrogen-bond acceptors (Lipinski definition) is 2. The third-order valence-corrected chi connectivity index (χ3v) is 2.43. The fourth-order valence-corrected chi connectivity index (χ4v) is 1.58. The lowest BCUT2D eigenvalue weighted by atomic mass is 10.2. The predicted molar refractivity (Wildman–Crippen MR) is 72.8 cm³/mol. The van der Waals surface area contributed by atoms with Gasteiger partial charge in [0.1, 0.15) is 5.04 Å². The van der Waals surface area contributed by atoms with Crippen LogP contribution in [-0.2, 0) is 0 Å². The lowest BCUT2D eigenvalue weighted by molar-refractivity contribution is 1.46. The van der Waals surface area contributed by atoms with Crippen molar-refractivity contribution in [3.05, 3.63) is 48.2 Å². The van der Waals surface area contributed by atoms with E-state index in [9.17, 15) is 0 Å². The minimum absolute atomic E-state index is 1.01. The zero-order valence-electron chi connectivity index (χ0n) is 9.95. The molecule has 1 aromatic rings. The van der Waals surface area contributed by atoms with Crippen LogP contribution in [0.25, 0.3) is 0 Å². The van der Waals surface area contributed by atoms with Crippen molar-refractivity contribution in [1.82, 2.24) is 0 Å². The molecule has 82 valence electrons. The van der Waals surface area contributed by atoms with E-state index < -0.39 is 0 Å². The molecule has 0 atom stereocenters. The molecule has 0 N–H and O–H groups in total. The smallest absolute Gasteiger partial charge is 0.103 e. The van der Waals surface area contributed by atoms with Crippen molar-refractivity contribution in [1.29, 1.82) is 0 Å². The summed E-state index contributed by atoms with van der Waals surface area (Å²) in [6.07, 6.45) is 3.59. The quantitative estimate of drug-likeness (QED) is 0.536. The molecule has 0 bridgehead atoms. The Kier molecular flexibility index (Phi) is 7.74. The molecular weight excluding hydrogens is 202 g/mol. The van der Waals surface area contributed by atoms with Crippen molar-refractivity contribution in [3.8, 4) is 0 Å². The molecule has 0 radical (unpaired) electrons. The average Bonchev–Trinajstić information content (AvgIpc) is 2.30. The molecule has 2 heteroatoms. The van der Waals surface area contributed by atoms with Gasteiger partial charge in [-0.3, -0.25) is 0 Å². The zero-order chi connectivity index (χ0) is 11.7. The fraction of sp³-hybridized carbons (Fsp3) is 0.308.